The van der Waals surface area contributed by atoms with Crippen molar-refractivity contribution in [3.05, 3.63) is 0 Å². The molecule has 0 spiro atoms. The molecule has 1 unspecified atom stereocenters. The Labute approximate surface area is 61.6 Å². The highest BCUT2D eigenvalue weighted by molar-refractivity contribution is 5.78. The predicted octanol–water partition coefficient (Wildman–Crippen LogP) is 1.60. The van der Waals surface area contributed by atoms with Crippen LogP contribution in [0.25, 0.3) is 0 Å². The van der Waals surface area contributed by atoms with E-state index >= 15 is 0 Å². The average molecular weight is 142 g/mol. The Morgan fingerprint density at radius 3 is 2.60 bits per heavy atom. The van der Waals surface area contributed by atoms with E-state index in [9.17, 15) is 4.79 Å². The van der Waals surface area contributed by atoms with Gasteiger partial charge in [-0.05, 0) is 13.3 Å². The Morgan fingerprint density at radius 1 is 1.80 bits per heavy atom. The summed E-state index contributed by atoms with van der Waals surface area (Å²) in [5.41, 5.74) is -0.208. The molecule has 0 radical (unpaired) electrons. The highest BCUT2D eigenvalue weighted by Gasteiger charge is 2.44. The molecule has 10 heavy (non-hydrogen) atoms. The topological polar surface area (TPSA) is 26.3 Å². The van der Waals surface area contributed by atoms with E-state index in [1.54, 1.807) is 0 Å². The lowest BCUT2D eigenvalue weighted by atomic mass is 9.78. The number of cyclic esters (lactones) is 1. The van der Waals surface area contributed by atoms with Crippen molar-refractivity contribution >= 4 is 5.97 Å². The maximum atomic E-state index is 11.1. The molecule has 1 heterocycles. The summed E-state index contributed by atoms with van der Waals surface area (Å²) in [5, 5.41) is 0. The third-order valence-electron chi connectivity index (χ3n) is 2.75. The second-order valence-corrected chi connectivity index (χ2v) is 3.27. The van der Waals surface area contributed by atoms with E-state index in [-0.39, 0.29) is 11.4 Å². The van der Waals surface area contributed by atoms with Crippen molar-refractivity contribution in [1.29, 1.82) is 0 Å². The van der Waals surface area contributed by atoms with Gasteiger partial charge >= 0.3 is 5.97 Å². The second-order valence-electron chi connectivity index (χ2n) is 3.27. The molecule has 58 valence electrons. The van der Waals surface area contributed by atoms with Crippen molar-refractivity contribution in [3.63, 3.8) is 0 Å². The molecule has 0 bridgehead atoms. The lowest BCUT2D eigenvalue weighted by Crippen LogP contribution is -2.27. The lowest BCUT2D eigenvalue weighted by molar-refractivity contribution is -0.145. The van der Waals surface area contributed by atoms with Gasteiger partial charge in [0.2, 0.25) is 0 Å². The summed E-state index contributed by atoms with van der Waals surface area (Å²) < 4.78 is 4.93. The molecule has 0 aliphatic carbocycles. The summed E-state index contributed by atoms with van der Waals surface area (Å²) in [6.45, 7) is 6.67. The second kappa shape index (κ2) is 2.26. The SMILES string of the molecule is CC[C@]1(C)C(=O)OCC1C. The van der Waals surface area contributed by atoms with Crippen LogP contribution >= 0.6 is 0 Å². The average Bonchev–Trinajstić information content (AvgIpc) is 2.18. The third kappa shape index (κ3) is 0.825. The zero-order valence-electron chi connectivity index (χ0n) is 6.81. The van der Waals surface area contributed by atoms with Crippen molar-refractivity contribution in [3.8, 4) is 0 Å². The van der Waals surface area contributed by atoms with Gasteiger partial charge in [0, 0.05) is 5.92 Å². The molecular weight excluding hydrogens is 128 g/mol. The van der Waals surface area contributed by atoms with Crippen LogP contribution in [-0.4, -0.2) is 12.6 Å². The fraction of sp³-hybridized carbons (Fsp3) is 0.875. The zero-order chi connectivity index (χ0) is 7.78. The molecule has 1 fully saturated rings. The minimum absolute atomic E-state index is 0.0255. The fourth-order valence-corrected chi connectivity index (χ4v) is 1.24. The zero-order valence-corrected chi connectivity index (χ0v) is 6.81. The van der Waals surface area contributed by atoms with E-state index in [1.165, 1.54) is 0 Å². The molecule has 2 heteroatoms. The number of ether oxygens (including phenoxy) is 1. The van der Waals surface area contributed by atoms with E-state index in [2.05, 4.69) is 6.92 Å². The van der Waals surface area contributed by atoms with Gasteiger partial charge in [0.05, 0.1) is 12.0 Å². The summed E-state index contributed by atoms with van der Waals surface area (Å²) in [6.07, 6.45) is 0.882. The van der Waals surface area contributed by atoms with Gasteiger partial charge in [-0.2, -0.15) is 0 Å². The first-order chi connectivity index (χ1) is 4.61. The Hall–Kier alpha value is -0.530. The summed E-state index contributed by atoms with van der Waals surface area (Å²) in [5.74, 6) is 0.354. The molecule has 1 aliphatic rings. The number of esters is 1. The standard InChI is InChI=1S/C8H14O2/c1-4-8(3)6(2)5-10-7(8)9/h6H,4-5H2,1-3H3/t6?,8-/m0/s1. The van der Waals surface area contributed by atoms with E-state index in [0.29, 0.717) is 12.5 Å². The Morgan fingerprint density at radius 2 is 2.40 bits per heavy atom. The molecule has 2 nitrogen and oxygen atoms in total. The normalized spacial score (nSPS) is 39.9. The predicted molar refractivity (Wildman–Crippen MR) is 38.5 cm³/mol. The monoisotopic (exact) mass is 142 g/mol. The van der Waals surface area contributed by atoms with Crippen molar-refractivity contribution in [1.82, 2.24) is 0 Å². The van der Waals surface area contributed by atoms with Gasteiger partial charge in [-0.15, -0.1) is 0 Å². The van der Waals surface area contributed by atoms with Crippen molar-refractivity contribution in [2.45, 2.75) is 27.2 Å². The van der Waals surface area contributed by atoms with Gasteiger partial charge in [-0.1, -0.05) is 13.8 Å². The Bertz CT molecular complexity index is 153. The number of carbonyl (C=O) groups is 1. The van der Waals surface area contributed by atoms with Crippen LogP contribution < -0.4 is 0 Å². The number of hydrogen-bond acceptors (Lipinski definition) is 2. The van der Waals surface area contributed by atoms with Gasteiger partial charge in [-0.25, -0.2) is 0 Å². The van der Waals surface area contributed by atoms with Crippen LogP contribution in [0.5, 0.6) is 0 Å². The molecule has 0 saturated carbocycles. The van der Waals surface area contributed by atoms with Crippen LogP contribution in [0.3, 0.4) is 0 Å². The number of rotatable bonds is 1. The molecule has 1 saturated heterocycles. The number of hydrogen-bond donors (Lipinski definition) is 0. The summed E-state index contributed by atoms with van der Waals surface area (Å²) in [6, 6.07) is 0. The minimum Gasteiger partial charge on any atom is -0.465 e. The van der Waals surface area contributed by atoms with Crippen LogP contribution in [0, 0.1) is 11.3 Å². The van der Waals surface area contributed by atoms with Crippen molar-refractivity contribution in [2.75, 3.05) is 6.61 Å². The molecule has 0 aromatic carbocycles. The van der Waals surface area contributed by atoms with Crippen molar-refractivity contribution in [2.24, 2.45) is 11.3 Å². The Balaban J connectivity index is 2.80. The quantitative estimate of drug-likeness (QED) is 0.520. The molecule has 2 atom stereocenters. The lowest BCUT2D eigenvalue weighted by Gasteiger charge is -2.20. The van der Waals surface area contributed by atoms with E-state index in [0.717, 1.165) is 6.42 Å². The van der Waals surface area contributed by atoms with Gasteiger partial charge < -0.3 is 4.74 Å². The Kier molecular flexibility index (Phi) is 1.71. The van der Waals surface area contributed by atoms with Gasteiger partial charge in [-0.3, -0.25) is 4.79 Å². The smallest absolute Gasteiger partial charge is 0.312 e. The highest BCUT2D eigenvalue weighted by atomic mass is 16.5. The molecule has 0 N–H and O–H groups in total. The first-order valence-electron chi connectivity index (χ1n) is 3.78. The van der Waals surface area contributed by atoms with Crippen LogP contribution in [0.2, 0.25) is 0 Å². The molecular formula is C8H14O2. The summed E-state index contributed by atoms with van der Waals surface area (Å²) >= 11 is 0. The fourth-order valence-electron chi connectivity index (χ4n) is 1.24. The first-order valence-corrected chi connectivity index (χ1v) is 3.78. The third-order valence-corrected chi connectivity index (χ3v) is 2.75. The largest absolute Gasteiger partial charge is 0.465 e. The molecule has 0 aromatic heterocycles. The van der Waals surface area contributed by atoms with E-state index in [4.69, 9.17) is 4.74 Å². The van der Waals surface area contributed by atoms with E-state index < -0.39 is 0 Å². The van der Waals surface area contributed by atoms with Gasteiger partial charge in [0.1, 0.15) is 0 Å². The molecule has 1 rings (SSSR count). The van der Waals surface area contributed by atoms with Crippen LogP contribution in [0.1, 0.15) is 27.2 Å². The summed E-state index contributed by atoms with van der Waals surface area (Å²) in [4.78, 5) is 11.1. The van der Waals surface area contributed by atoms with Crippen molar-refractivity contribution < 1.29 is 9.53 Å². The van der Waals surface area contributed by atoms with E-state index in [1.807, 2.05) is 13.8 Å². The van der Waals surface area contributed by atoms with Crippen LogP contribution in [0.4, 0.5) is 0 Å². The molecule has 1 aliphatic heterocycles. The van der Waals surface area contributed by atoms with Gasteiger partial charge in [0.15, 0.2) is 0 Å². The minimum atomic E-state index is -0.208. The first kappa shape index (κ1) is 7.58. The van der Waals surface area contributed by atoms with Crippen LogP contribution in [-0.2, 0) is 9.53 Å². The molecule has 0 amide bonds. The van der Waals surface area contributed by atoms with Crippen LogP contribution in [0.15, 0.2) is 0 Å². The highest BCUT2D eigenvalue weighted by Crippen LogP contribution is 2.37. The summed E-state index contributed by atoms with van der Waals surface area (Å²) in [7, 11) is 0. The maximum Gasteiger partial charge on any atom is 0.312 e. The van der Waals surface area contributed by atoms with Gasteiger partial charge in [0.25, 0.3) is 0 Å². The molecule has 0 aromatic rings. The maximum absolute atomic E-state index is 11.1. The number of carbonyl (C=O) groups excluding carboxylic acids is 1.